The molecule has 2 N–H and O–H groups in total. The predicted molar refractivity (Wildman–Crippen MR) is 166 cm³/mol. The van der Waals surface area contributed by atoms with Crippen LogP contribution in [0, 0.1) is 5.82 Å². The van der Waals surface area contributed by atoms with Crippen molar-refractivity contribution in [2.24, 2.45) is 0 Å². The van der Waals surface area contributed by atoms with Crippen LogP contribution in [0.1, 0.15) is 39.1 Å². The van der Waals surface area contributed by atoms with Crippen LogP contribution in [0.4, 0.5) is 10.1 Å². The number of imide groups is 2. The molecule has 4 amide bonds. The van der Waals surface area contributed by atoms with Crippen LogP contribution in [0.3, 0.4) is 0 Å². The van der Waals surface area contributed by atoms with Gasteiger partial charge in [-0.3, -0.25) is 34.2 Å². The molecule has 14 nitrogen and oxygen atoms in total. The van der Waals surface area contributed by atoms with Gasteiger partial charge in [-0.2, -0.15) is 9.40 Å². The van der Waals surface area contributed by atoms with E-state index in [0.717, 1.165) is 11.0 Å². The van der Waals surface area contributed by atoms with Crippen molar-refractivity contribution in [3.63, 3.8) is 0 Å². The van der Waals surface area contributed by atoms with Crippen LogP contribution in [0.25, 0.3) is 16.6 Å². The summed E-state index contributed by atoms with van der Waals surface area (Å²) in [5, 5.41) is 15.6. The van der Waals surface area contributed by atoms with Gasteiger partial charge in [0.25, 0.3) is 11.8 Å². The molecule has 3 aliphatic heterocycles. The van der Waals surface area contributed by atoms with Crippen molar-refractivity contribution >= 4 is 50.8 Å². The number of hydrogen-bond acceptors (Lipinski definition) is 9. The summed E-state index contributed by atoms with van der Waals surface area (Å²) >= 11 is 0. The maximum Gasteiger partial charge on any atom is 0.307 e. The second kappa shape index (κ2) is 11.6. The lowest BCUT2D eigenvalue weighted by atomic mass is 10.0. The number of sulfonamides is 1. The van der Waals surface area contributed by atoms with Crippen LogP contribution in [0.15, 0.2) is 65.8 Å². The predicted octanol–water partition coefficient (Wildman–Crippen LogP) is 1.68. The Labute approximate surface area is 272 Å². The fourth-order valence-corrected chi connectivity index (χ4v) is 8.09. The zero-order valence-electron chi connectivity index (χ0n) is 25.1. The van der Waals surface area contributed by atoms with E-state index in [4.69, 9.17) is 0 Å². The molecule has 246 valence electrons. The molecule has 1 atom stereocenters. The average molecular weight is 675 g/mol. The molecule has 0 radical (unpaired) electrons. The number of rotatable bonds is 7. The number of nitrogens with zero attached hydrogens (tertiary/aromatic N) is 5. The number of aliphatic carboxylic acids is 1. The molecule has 0 spiro atoms. The molecule has 0 aliphatic carbocycles. The first-order valence-corrected chi connectivity index (χ1v) is 16.5. The summed E-state index contributed by atoms with van der Waals surface area (Å²) in [6.07, 6.45) is 2.77. The average Bonchev–Trinajstić information content (AvgIpc) is 3.56. The van der Waals surface area contributed by atoms with Crippen LogP contribution >= 0.6 is 0 Å². The lowest BCUT2D eigenvalue weighted by molar-refractivity contribution is -0.137. The van der Waals surface area contributed by atoms with E-state index in [1.54, 1.807) is 41.4 Å². The van der Waals surface area contributed by atoms with Crippen molar-refractivity contribution in [3.05, 3.63) is 83.4 Å². The number of pyridine rings is 1. The Hall–Kier alpha value is -5.48. The van der Waals surface area contributed by atoms with Gasteiger partial charge in [0.1, 0.15) is 11.9 Å². The number of nitrogens with one attached hydrogen (secondary N) is 1. The van der Waals surface area contributed by atoms with Crippen molar-refractivity contribution in [3.8, 4) is 11.1 Å². The first-order valence-electron chi connectivity index (χ1n) is 15.0. The maximum absolute atomic E-state index is 15.4. The minimum absolute atomic E-state index is 0.00706. The fraction of sp³-hybridized carbons (Fsp3) is 0.250. The Bertz CT molecular complexity index is 2180. The number of piperidine rings is 1. The molecule has 7 rings (SSSR count). The van der Waals surface area contributed by atoms with Gasteiger partial charge in [0.15, 0.2) is 0 Å². The second-order valence-electron chi connectivity index (χ2n) is 11.7. The van der Waals surface area contributed by atoms with Crippen LogP contribution in [0.5, 0.6) is 0 Å². The molecule has 2 aromatic heterocycles. The normalized spacial score (nSPS) is 18.8. The molecule has 2 saturated heterocycles. The summed E-state index contributed by atoms with van der Waals surface area (Å²) in [5.41, 5.74) is 1.74. The summed E-state index contributed by atoms with van der Waals surface area (Å²) < 4.78 is 46.2. The zero-order valence-corrected chi connectivity index (χ0v) is 25.9. The molecular formula is C32H27FN6O8S. The zero-order chi connectivity index (χ0) is 33.9. The van der Waals surface area contributed by atoms with Gasteiger partial charge >= 0.3 is 5.97 Å². The minimum Gasteiger partial charge on any atom is -0.481 e. The highest BCUT2D eigenvalue weighted by molar-refractivity contribution is 7.89. The Morgan fingerprint density at radius 2 is 1.67 bits per heavy atom. The van der Waals surface area contributed by atoms with E-state index in [1.807, 2.05) is 0 Å². The van der Waals surface area contributed by atoms with Gasteiger partial charge in [0, 0.05) is 49.9 Å². The SMILES string of the molecule is O=C(O)Cc1cnn2ccc(-c3ccccc3S(=O)(=O)N3CCN(c4cc5c(cc4F)C(=O)N(C4CCC(=O)NC4=O)C5=O)CC3)cc12. The van der Waals surface area contributed by atoms with Gasteiger partial charge in [-0.05, 0) is 42.3 Å². The van der Waals surface area contributed by atoms with E-state index in [2.05, 4.69) is 10.4 Å². The number of amides is 4. The number of piperazine rings is 1. The highest BCUT2D eigenvalue weighted by atomic mass is 32.2. The largest absolute Gasteiger partial charge is 0.481 e. The molecule has 4 aromatic rings. The topological polar surface area (TPSA) is 179 Å². The molecule has 0 bridgehead atoms. The van der Waals surface area contributed by atoms with Crippen molar-refractivity contribution < 1.29 is 41.9 Å². The lowest BCUT2D eigenvalue weighted by Crippen LogP contribution is -2.54. The molecular weight excluding hydrogens is 647 g/mol. The van der Waals surface area contributed by atoms with Crippen molar-refractivity contribution in [1.29, 1.82) is 0 Å². The maximum atomic E-state index is 15.4. The minimum atomic E-state index is -4.05. The summed E-state index contributed by atoms with van der Waals surface area (Å²) in [7, 11) is -4.05. The highest BCUT2D eigenvalue weighted by Gasteiger charge is 2.45. The molecule has 3 aliphatic rings. The van der Waals surface area contributed by atoms with E-state index in [9.17, 15) is 37.5 Å². The second-order valence-corrected chi connectivity index (χ2v) is 13.6. The van der Waals surface area contributed by atoms with Gasteiger partial charge in [-0.1, -0.05) is 18.2 Å². The smallest absolute Gasteiger partial charge is 0.307 e. The van der Waals surface area contributed by atoms with Gasteiger partial charge in [0.05, 0.1) is 39.8 Å². The lowest BCUT2D eigenvalue weighted by Gasteiger charge is -2.36. The van der Waals surface area contributed by atoms with Crippen molar-refractivity contribution in [2.45, 2.75) is 30.2 Å². The molecule has 0 saturated carbocycles. The fourth-order valence-electron chi connectivity index (χ4n) is 6.46. The van der Waals surface area contributed by atoms with E-state index < -0.39 is 51.5 Å². The molecule has 1 unspecified atom stereocenters. The Balaban J connectivity index is 1.11. The van der Waals surface area contributed by atoms with Gasteiger partial charge < -0.3 is 10.0 Å². The van der Waals surface area contributed by atoms with Crippen LogP contribution in [0.2, 0.25) is 0 Å². The van der Waals surface area contributed by atoms with Crippen LogP contribution in [-0.4, -0.2) is 94.2 Å². The number of carbonyl (C=O) groups is 5. The number of carboxylic acid groups (broad SMARTS) is 1. The number of halogens is 1. The third kappa shape index (κ3) is 5.18. The Morgan fingerprint density at radius 1 is 0.958 bits per heavy atom. The van der Waals surface area contributed by atoms with Crippen LogP contribution < -0.4 is 10.2 Å². The molecule has 16 heteroatoms. The Morgan fingerprint density at radius 3 is 2.38 bits per heavy atom. The van der Waals surface area contributed by atoms with Gasteiger partial charge in [0.2, 0.25) is 21.8 Å². The number of aromatic nitrogens is 2. The first-order chi connectivity index (χ1) is 22.9. The standard InChI is InChI=1S/C32H27FN6O8S/c33-23-15-21-22(32(45)39(31(21)44)24-5-6-28(40)35-30(24)43)16-26(23)36-9-11-37(12-10-36)48(46,47)27-4-2-1-3-20(27)18-7-8-38-25(13-18)19(17-34-38)14-29(41)42/h1-4,7-8,13,15-17,24H,5-6,9-12,14H2,(H,41,42)(H,35,40,43). The Kier molecular flexibility index (Phi) is 7.55. The number of carboxylic acids is 1. The molecule has 48 heavy (non-hydrogen) atoms. The quantitative estimate of drug-likeness (QED) is 0.274. The van der Waals surface area contributed by atoms with Crippen LogP contribution in [-0.2, 0) is 30.8 Å². The van der Waals surface area contributed by atoms with Crippen molar-refractivity contribution in [2.75, 3.05) is 31.1 Å². The molecule has 5 heterocycles. The van der Waals surface area contributed by atoms with Gasteiger partial charge in [-0.25, -0.2) is 17.3 Å². The summed E-state index contributed by atoms with van der Waals surface area (Å²) in [6.45, 7) is 0.145. The molecule has 2 fully saturated rings. The van der Waals surface area contributed by atoms with Gasteiger partial charge in [-0.15, -0.1) is 0 Å². The number of fused-ring (bicyclic) bond motifs is 2. The van der Waals surface area contributed by atoms with E-state index in [0.29, 0.717) is 22.2 Å². The third-order valence-corrected chi connectivity index (χ3v) is 10.8. The van der Waals surface area contributed by atoms with E-state index >= 15 is 4.39 Å². The van der Waals surface area contributed by atoms with E-state index in [1.165, 1.54) is 27.2 Å². The molecule has 2 aromatic carbocycles. The summed E-state index contributed by atoms with van der Waals surface area (Å²) in [5.74, 6) is -4.67. The third-order valence-electron chi connectivity index (χ3n) is 8.85. The summed E-state index contributed by atoms with van der Waals surface area (Å²) in [6, 6.07) is 10.9. The number of hydrogen-bond donors (Lipinski definition) is 2. The highest BCUT2D eigenvalue weighted by Crippen LogP contribution is 2.35. The first kappa shape index (κ1) is 31.1. The monoisotopic (exact) mass is 674 g/mol. The number of carbonyl (C=O) groups excluding carboxylic acids is 4. The summed E-state index contributed by atoms with van der Waals surface area (Å²) in [4.78, 5) is 64.0. The number of benzene rings is 2. The number of anilines is 1. The van der Waals surface area contributed by atoms with Crippen molar-refractivity contribution in [1.82, 2.24) is 24.1 Å². The van der Waals surface area contributed by atoms with E-state index in [-0.39, 0.29) is 67.2 Å².